The van der Waals surface area contributed by atoms with Crippen molar-refractivity contribution in [1.29, 1.82) is 0 Å². The van der Waals surface area contributed by atoms with Gasteiger partial charge in [-0.1, -0.05) is 30.3 Å². The number of hydrogen-bond acceptors (Lipinski definition) is 3. The lowest BCUT2D eigenvalue weighted by molar-refractivity contribution is 0.131. The van der Waals surface area contributed by atoms with Gasteiger partial charge >= 0.3 is 6.03 Å². The second-order valence-electron chi connectivity index (χ2n) is 7.51. The summed E-state index contributed by atoms with van der Waals surface area (Å²) in [6.45, 7) is 5.54. The highest BCUT2D eigenvalue weighted by atomic mass is 16.2. The van der Waals surface area contributed by atoms with Gasteiger partial charge in [-0.3, -0.25) is 0 Å². The van der Waals surface area contributed by atoms with Gasteiger partial charge in [-0.25, -0.2) is 9.78 Å². The fourth-order valence-electron chi connectivity index (χ4n) is 3.62. The van der Waals surface area contributed by atoms with Crippen LogP contribution in [0, 0.1) is 0 Å². The zero-order valence-electron chi connectivity index (χ0n) is 16.4. The number of carbonyl (C=O) groups is 1. The van der Waals surface area contributed by atoms with Crippen LogP contribution in [0.3, 0.4) is 0 Å². The summed E-state index contributed by atoms with van der Waals surface area (Å²) in [6, 6.07) is 11.0. The monoisotopic (exact) mass is 369 g/mol. The Morgan fingerprint density at radius 1 is 1.30 bits per heavy atom. The summed E-state index contributed by atoms with van der Waals surface area (Å²) >= 11 is 0. The van der Waals surface area contributed by atoms with E-state index in [4.69, 9.17) is 0 Å². The molecule has 1 N–H and O–H groups in total. The molecule has 6 nitrogen and oxygen atoms in total. The van der Waals surface area contributed by atoms with Crippen LogP contribution >= 0.6 is 0 Å². The van der Waals surface area contributed by atoms with Crippen LogP contribution in [0.4, 0.5) is 4.79 Å². The largest absolute Gasteiger partial charge is 0.336 e. The van der Waals surface area contributed by atoms with Crippen LogP contribution in [0.25, 0.3) is 0 Å². The molecule has 1 atom stereocenters. The highest BCUT2D eigenvalue weighted by Gasteiger charge is 2.26. The molecule has 146 valence electrons. The van der Waals surface area contributed by atoms with Crippen molar-refractivity contribution in [3.63, 3.8) is 0 Å². The molecule has 1 aromatic heterocycles. The first-order chi connectivity index (χ1) is 13.1. The van der Waals surface area contributed by atoms with Crippen molar-refractivity contribution in [2.75, 3.05) is 33.2 Å². The van der Waals surface area contributed by atoms with Gasteiger partial charge in [-0.2, -0.15) is 0 Å². The Balaban J connectivity index is 1.60. The number of hydrogen-bond donors (Lipinski definition) is 1. The third kappa shape index (κ3) is 5.57. The molecular weight excluding hydrogens is 338 g/mol. The average Bonchev–Trinajstić information content (AvgIpc) is 3.23. The van der Waals surface area contributed by atoms with Crippen molar-refractivity contribution in [3.05, 3.63) is 54.6 Å². The number of imidazole rings is 1. The second kappa shape index (κ2) is 9.55. The smallest absolute Gasteiger partial charge is 0.317 e. The Hall–Kier alpha value is -2.34. The summed E-state index contributed by atoms with van der Waals surface area (Å²) in [6.07, 6.45) is 8.45. The molecule has 1 aromatic carbocycles. The van der Waals surface area contributed by atoms with E-state index in [2.05, 4.69) is 58.3 Å². The Labute approximate surface area is 162 Å². The predicted molar refractivity (Wildman–Crippen MR) is 108 cm³/mol. The molecule has 2 aromatic rings. The molecule has 0 saturated carbocycles. The lowest BCUT2D eigenvalue weighted by Crippen LogP contribution is -2.51. The van der Waals surface area contributed by atoms with Crippen molar-refractivity contribution < 1.29 is 4.79 Å². The van der Waals surface area contributed by atoms with E-state index in [-0.39, 0.29) is 12.1 Å². The standard InChI is InChI=1S/C21H31N5O/c1-18(25-15-11-22-17-25)16-23-21(27)26(20-9-12-24(2)13-10-20)14-8-19-6-4-3-5-7-19/h3-7,11,15,17-18,20H,8-10,12-14,16H2,1-2H3,(H,23,27)/t18-/m0/s1. The molecule has 0 spiro atoms. The van der Waals surface area contributed by atoms with Gasteiger partial charge in [0.2, 0.25) is 0 Å². The molecule has 1 aliphatic heterocycles. The average molecular weight is 370 g/mol. The SMILES string of the molecule is C[C@@H](CNC(=O)N(CCc1ccccc1)C1CCN(C)CC1)n1ccnc1. The number of piperidine rings is 1. The summed E-state index contributed by atoms with van der Waals surface area (Å²) in [7, 11) is 2.15. The second-order valence-corrected chi connectivity index (χ2v) is 7.51. The van der Waals surface area contributed by atoms with Crippen LogP contribution in [0.2, 0.25) is 0 Å². The molecule has 1 aliphatic rings. The van der Waals surface area contributed by atoms with E-state index < -0.39 is 0 Å². The highest BCUT2D eigenvalue weighted by Crippen LogP contribution is 2.17. The van der Waals surface area contributed by atoms with Crippen LogP contribution in [0.15, 0.2) is 49.1 Å². The summed E-state index contributed by atoms with van der Waals surface area (Å²) < 4.78 is 2.02. The van der Waals surface area contributed by atoms with Crippen molar-refractivity contribution in [3.8, 4) is 0 Å². The number of benzene rings is 1. The lowest BCUT2D eigenvalue weighted by Gasteiger charge is -2.37. The Morgan fingerprint density at radius 2 is 2.04 bits per heavy atom. The molecular formula is C21H31N5O. The molecule has 0 radical (unpaired) electrons. The van der Waals surface area contributed by atoms with Gasteiger partial charge in [0.1, 0.15) is 0 Å². The number of nitrogens with zero attached hydrogens (tertiary/aromatic N) is 4. The van der Waals surface area contributed by atoms with Crippen molar-refractivity contribution in [1.82, 2.24) is 24.7 Å². The molecule has 0 aliphatic carbocycles. The van der Waals surface area contributed by atoms with E-state index in [9.17, 15) is 4.79 Å². The summed E-state index contributed by atoms with van der Waals surface area (Å²) in [4.78, 5) is 21.5. The molecule has 1 fully saturated rings. The topological polar surface area (TPSA) is 53.4 Å². The maximum atomic E-state index is 13.0. The van der Waals surface area contributed by atoms with E-state index in [1.807, 2.05) is 16.8 Å². The van der Waals surface area contributed by atoms with Crippen LogP contribution < -0.4 is 5.32 Å². The van der Waals surface area contributed by atoms with Gasteiger partial charge in [-0.05, 0) is 51.9 Å². The first-order valence-electron chi connectivity index (χ1n) is 9.88. The fourth-order valence-corrected chi connectivity index (χ4v) is 3.62. The number of carbonyl (C=O) groups excluding carboxylic acids is 1. The van der Waals surface area contributed by atoms with Gasteiger partial charge < -0.3 is 19.7 Å². The molecule has 6 heteroatoms. The first kappa shape index (κ1) is 19.4. The molecule has 2 amide bonds. The zero-order chi connectivity index (χ0) is 19.1. The molecule has 0 unspecified atom stereocenters. The fraction of sp³-hybridized carbons (Fsp3) is 0.524. The summed E-state index contributed by atoms with van der Waals surface area (Å²) in [5, 5.41) is 3.14. The minimum Gasteiger partial charge on any atom is -0.336 e. The third-order valence-electron chi connectivity index (χ3n) is 5.46. The normalized spacial score (nSPS) is 16.8. The number of aromatic nitrogens is 2. The van der Waals surface area contributed by atoms with Crippen molar-refractivity contribution in [2.45, 2.75) is 38.3 Å². The Kier molecular flexibility index (Phi) is 6.87. The van der Waals surface area contributed by atoms with E-state index >= 15 is 0 Å². The maximum absolute atomic E-state index is 13.0. The maximum Gasteiger partial charge on any atom is 0.317 e. The zero-order valence-corrected chi connectivity index (χ0v) is 16.4. The van der Waals surface area contributed by atoms with Crippen molar-refractivity contribution >= 4 is 6.03 Å². The van der Waals surface area contributed by atoms with Gasteiger partial charge in [-0.15, -0.1) is 0 Å². The Bertz CT molecular complexity index is 680. The quantitative estimate of drug-likeness (QED) is 0.816. The molecule has 2 heterocycles. The van der Waals surface area contributed by atoms with Crippen LogP contribution in [0.1, 0.15) is 31.4 Å². The number of rotatable bonds is 7. The molecule has 27 heavy (non-hydrogen) atoms. The van der Waals surface area contributed by atoms with Crippen LogP contribution in [0.5, 0.6) is 0 Å². The lowest BCUT2D eigenvalue weighted by atomic mass is 10.0. The molecule has 1 saturated heterocycles. The van der Waals surface area contributed by atoms with Crippen molar-refractivity contribution in [2.24, 2.45) is 0 Å². The predicted octanol–water partition coefficient (Wildman–Crippen LogP) is 2.79. The number of nitrogens with one attached hydrogen (secondary N) is 1. The van der Waals surface area contributed by atoms with Crippen LogP contribution in [-0.4, -0.2) is 64.7 Å². The summed E-state index contributed by atoms with van der Waals surface area (Å²) in [5.74, 6) is 0. The van der Waals surface area contributed by atoms with Gasteiger partial charge in [0.15, 0.2) is 0 Å². The van der Waals surface area contributed by atoms with E-state index in [1.165, 1.54) is 5.56 Å². The number of amides is 2. The Morgan fingerprint density at radius 3 is 2.70 bits per heavy atom. The van der Waals surface area contributed by atoms with E-state index in [1.54, 1.807) is 12.5 Å². The minimum atomic E-state index is 0.0486. The van der Waals surface area contributed by atoms with E-state index in [0.717, 1.165) is 38.9 Å². The first-order valence-corrected chi connectivity index (χ1v) is 9.88. The molecule has 0 bridgehead atoms. The van der Waals surface area contributed by atoms with E-state index in [0.29, 0.717) is 12.6 Å². The van der Waals surface area contributed by atoms with Gasteiger partial charge in [0.05, 0.1) is 6.33 Å². The highest BCUT2D eigenvalue weighted by molar-refractivity contribution is 5.74. The summed E-state index contributed by atoms with van der Waals surface area (Å²) in [5.41, 5.74) is 1.27. The minimum absolute atomic E-state index is 0.0486. The van der Waals surface area contributed by atoms with Crippen LogP contribution in [-0.2, 0) is 6.42 Å². The molecule has 3 rings (SSSR count). The number of likely N-dealkylation sites (tertiary alicyclic amines) is 1. The number of urea groups is 1. The van der Waals surface area contributed by atoms with Gasteiger partial charge in [0.25, 0.3) is 0 Å². The third-order valence-corrected chi connectivity index (χ3v) is 5.46. The van der Waals surface area contributed by atoms with Gasteiger partial charge in [0, 0.05) is 37.6 Å².